The highest BCUT2D eigenvalue weighted by Crippen LogP contribution is 2.28. The smallest absolute Gasteiger partial charge is 0.259 e. The number of primary amides is 1. The molecule has 1 aromatic heterocycles. The van der Waals surface area contributed by atoms with Gasteiger partial charge in [0.15, 0.2) is 0 Å². The molecule has 2 atom stereocenters. The van der Waals surface area contributed by atoms with E-state index < -0.39 is 5.91 Å². The second kappa shape index (κ2) is 8.41. The van der Waals surface area contributed by atoms with Gasteiger partial charge >= 0.3 is 0 Å². The van der Waals surface area contributed by atoms with Gasteiger partial charge in [-0.3, -0.25) is 9.59 Å². The number of hydrogen-bond acceptors (Lipinski definition) is 5. The molecular weight excluding hydrogens is 365 g/mol. The van der Waals surface area contributed by atoms with Gasteiger partial charge in [0, 0.05) is 31.8 Å². The first kappa shape index (κ1) is 19.9. The van der Waals surface area contributed by atoms with Gasteiger partial charge in [0.2, 0.25) is 5.91 Å². The zero-order chi connectivity index (χ0) is 20.3. The van der Waals surface area contributed by atoms with Crippen LogP contribution in [0.5, 0.6) is 5.75 Å². The normalized spacial score (nSPS) is 19.5. The van der Waals surface area contributed by atoms with Crippen LogP contribution in [0.4, 0.5) is 4.39 Å². The summed E-state index contributed by atoms with van der Waals surface area (Å²) in [6, 6.07) is 5.72. The molecule has 1 aromatic carbocycles. The molecule has 7 nitrogen and oxygen atoms in total. The van der Waals surface area contributed by atoms with Gasteiger partial charge in [-0.1, -0.05) is 12.1 Å². The molecule has 0 bridgehead atoms. The number of aromatic nitrogens is 1. The van der Waals surface area contributed by atoms with E-state index in [2.05, 4.69) is 5.16 Å². The van der Waals surface area contributed by atoms with Gasteiger partial charge in [-0.2, -0.15) is 0 Å². The van der Waals surface area contributed by atoms with E-state index in [1.165, 1.54) is 12.1 Å². The number of ether oxygens (including phenoxy) is 1. The molecule has 3 rings (SSSR count). The van der Waals surface area contributed by atoms with E-state index in [-0.39, 0.29) is 30.2 Å². The minimum Gasteiger partial charge on any atom is -0.490 e. The fourth-order valence-corrected chi connectivity index (χ4v) is 3.58. The lowest BCUT2D eigenvalue weighted by Crippen LogP contribution is -2.49. The van der Waals surface area contributed by atoms with Gasteiger partial charge in [-0.15, -0.1) is 0 Å². The topological polar surface area (TPSA) is 98.7 Å². The molecule has 2 aromatic rings. The zero-order valence-electron chi connectivity index (χ0n) is 16.0. The van der Waals surface area contributed by atoms with Crippen molar-refractivity contribution in [2.75, 3.05) is 13.1 Å². The Bertz CT molecular complexity index is 850. The quantitative estimate of drug-likeness (QED) is 0.818. The minimum atomic E-state index is -0.456. The van der Waals surface area contributed by atoms with Crippen molar-refractivity contribution in [2.45, 2.75) is 39.2 Å². The van der Waals surface area contributed by atoms with E-state index in [1.807, 2.05) is 6.92 Å². The lowest BCUT2D eigenvalue weighted by atomic mass is 9.90. The Labute approximate surface area is 162 Å². The highest BCUT2D eigenvalue weighted by Gasteiger charge is 2.36. The number of hydrogen-bond donors (Lipinski definition) is 1. The number of rotatable bonds is 6. The van der Waals surface area contributed by atoms with Crippen molar-refractivity contribution in [3.05, 3.63) is 47.1 Å². The molecule has 0 unspecified atom stereocenters. The lowest BCUT2D eigenvalue weighted by molar-refractivity contribution is -0.120. The maximum Gasteiger partial charge on any atom is 0.259 e. The summed E-state index contributed by atoms with van der Waals surface area (Å²) in [5.74, 6) is -0.225. The molecule has 0 aliphatic carbocycles. The highest BCUT2D eigenvalue weighted by molar-refractivity contribution is 5.96. The number of halogens is 1. The molecule has 0 radical (unpaired) electrons. The molecule has 1 aliphatic heterocycles. The fourth-order valence-electron chi connectivity index (χ4n) is 3.58. The first-order valence-corrected chi connectivity index (χ1v) is 9.34. The van der Waals surface area contributed by atoms with Crippen molar-refractivity contribution in [3.63, 3.8) is 0 Å². The van der Waals surface area contributed by atoms with Gasteiger partial charge in [0.05, 0.1) is 5.69 Å². The number of carbonyl (C=O) groups is 2. The number of nitrogens with zero attached hydrogens (tertiary/aromatic N) is 2. The maximum absolute atomic E-state index is 13.1. The van der Waals surface area contributed by atoms with Crippen LogP contribution in [-0.2, 0) is 11.2 Å². The van der Waals surface area contributed by atoms with Gasteiger partial charge in [-0.25, -0.2) is 4.39 Å². The Morgan fingerprint density at radius 3 is 2.71 bits per heavy atom. The van der Waals surface area contributed by atoms with E-state index in [0.717, 1.165) is 0 Å². The SMILES string of the molecule is CCc1noc(C)c1C(=O)N1CC[C@H](Oc2ccc(F)cc2)[C@@H](CC(N)=O)C1. The molecule has 150 valence electrons. The molecule has 2 heterocycles. The first-order chi connectivity index (χ1) is 13.4. The Morgan fingerprint density at radius 2 is 2.07 bits per heavy atom. The Balaban J connectivity index is 1.76. The third kappa shape index (κ3) is 4.32. The number of amides is 2. The average molecular weight is 389 g/mol. The maximum atomic E-state index is 13.1. The molecule has 28 heavy (non-hydrogen) atoms. The molecule has 0 saturated carbocycles. The van der Waals surface area contributed by atoms with Crippen LogP contribution in [0.1, 0.15) is 41.6 Å². The second-order valence-electron chi connectivity index (χ2n) is 6.99. The Kier molecular flexibility index (Phi) is 5.96. The van der Waals surface area contributed by atoms with Gasteiger partial charge in [0.1, 0.15) is 29.0 Å². The summed E-state index contributed by atoms with van der Waals surface area (Å²) in [5.41, 5.74) is 6.52. The average Bonchev–Trinajstić information content (AvgIpc) is 3.04. The van der Waals surface area contributed by atoms with Crippen molar-refractivity contribution in [1.82, 2.24) is 10.1 Å². The van der Waals surface area contributed by atoms with Gasteiger partial charge < -0.3 is 19.9 Å². The molecule has 0 spiro atoms. The third-order valence-corrected chi connectivity index (χ3v) is 5.00. The molecule has 2 amide bonds. The first-order valence-electron chi connectivity index (χ1n) is 9.34. The van der Waals surface area contributed by atoms with E-state index >= 15 is 0 Å². The van der Waals surface area contributed by atoms with Crippen molar-refractivity contribution >= 4 is 11.8 Å². The fraction of sp³-hybridized carbons (Fsp3) is 0.450. The number of carbonyl (C=O) groups excluding carboxylic acids is 2. The zero-order valence-corrected chi connectivity index (χ0v) is 16.0. The summed E-state index contributed by atoms with van der Waals surface area (Å²) < 4.78 is 24.2. The van der Waals surface area contributed by atoms with Crippen LogP contribution in [0.25, 0.3) is 0 Å². The van der Waals surface area contributed by atoms with Crippen LogP contribution in [0, 0.1) is 18.7 Å². The van der Waals surface area contributed by atoms with E-state index in [0.29, 0.717) is 48.7 Å². The van der Waals surface area contributed by atoms with Crippen LogP contribution in [0.3, 0.4) is 0 Å². The standard InChI is InChI=1S/C20H24FN3O4/c1-3-16-19(12(2)28-23-16)20(26)24-9-8-17(13(11-24)10-18(22)25)27-15-6-4-14(21)5-7-15/h4-7,13,17H,3,8-11H2,1-2H3,(H2,22,25)/t13-,17-/m0/s1. The number of aryl methyl sites for hydroxylation is 2. The van der Waals surface area contributed by atoms with E-state index in [4.69, 9.17) is 15.0 Å². The number of likely N-dealkylation sites (tertiary alicyclic amines) is 1. The lowest BCUT2D eigenvalue weighted by Gasteiger charge is -2.38. The molecular formula is C20H24FN3O4. The van der Waals surface area contributed by atoms with Crippen molar-refractivity contribution < 1.29 is 23.2 Å². The molecule has 1 fully saturated rings. The molecule has 2 N–H and O–H groups in total. The van der Waals surface area contributed by atoms with Crippen LogP contribution < -0.4 is 10.5 Å². The Hall–Kier alpha value is -2.90. The summed E-state index contributed by atoms with van der Waals surface area (Å²) in [6.45, 7) is 4.42. The largest absolute Gasteiger partial charge is 0.490 e. The predicted octanol–water partition coefficient (Wildman–Crippen LogP) is 2.47. The van der Waals surface area contributed by atoms with E-state index in [1.54, 1.807) is 24.0 Å². The Morgan fingerprint density at radius 1 is 1.36 bits per heavy atom. The molecule has 1 saturated heterocycles. The summed E-state index contributed by atoms with van der Waals surface area (Å²) >= 11 is 0. The number of benzene rings is 1. The van der Waals surface area contributed by atoms with E-state index in [9.17, 15) is 14.0 Å². The number of nitrogens with two attached hydrogens (primary N) is 1. The third-order valence-electron chi connectivity index (χ3n) is 5.00. The van der Waals surface area contributed by atoms with Crippen LogP contribution in [-0.4, -0.2) is 41.1 Å². The van der Waals surface area contributed by atoms with Crippen LogP contribution in [0.15, 0.2) is 28.8 Å². The molecule has 1 aliphatic rings. The summed E-state index contributed by atoms with van der Waals surface area (Å²) in [6.07, 6.45) is 0.926. The highest BCUT2D eigenvalue weighted by atomic mass is 19.1. The minimum absolute atomic E-state index is 0.0961. The van der Waals surface area contributed by atoms with Crippen molar-refractivity contribution in [1.29, 1.82) is 0 Å². The predicted molar refractivity (Wildman–Crippen MR) is 99.3 cm³/mol. The summed E-state index contributed by atoms with van der Waals surface area (Å²) in [5, 5.41) is 3.94. The summed E-state index contributed by atoms with van der Waals surface area (Å²) in [4.78, 5) is 26.3. The van der Waals surface area contributed by atoms with Crippen LogP contribution >= 0.6 is 0 Å². The second-order valence-corrected chi connectivity index (χ2v) is 6.99. The van der Waals surface area contributed by atoms with Gasteiger partial charge in [-0.05, 0) is 37.6 Å². The number of piperidine rings is 1. The molecule has 8 heteroatoms. The van der Waals surface area contributed by atoms with Gasteiger partial charge in [0.25, 0.3) is 5.91 Å². The van der Waals surface area contributed by atoms with Crippen LogP contribution in [0.2, 0.25) is 0 Å². The van der Waals surface area contributed by atoms with Crippen molar-refractivity contribution in [3.8, 4) is 5.75 Å². The van der Waals surface area contributed by atoms with Crippen molar-refractivity contribution in [2.24, 2.45) is 11.7 Å². The monoisotopic (exact) mass is 389 g/mol. The summed E-state index contributed by atoms with van der Waals surface area (Å²) in [7, 11) is 0.